The molecule has 0 spiro atoms. The summed E-state index contributed by atoms with van der Waals surface area (Å²) in [5.74, 6) is 2.77. The molecule has 0 aliphatic carbocycles. The quantitative estimate of drug-likeness (QED) is 0.188. The van der Waals surface area contributed by atoms with Crippen molar-refractivity contribution < 1.29 is 0 Å². The molecule has 7 rings (SSSR count). The van der Waals surface area contributed by atoms with E-state index in [1.165, 1.54) is 59.7 Å². The molecule has 0 radical (unpaired) electrons. The maximum absolute atomic E-state index is 4.60. The molecule has 6 heterocycles. The van der Waals surface area contributed by atoms with Gasteiger partial charge in [-0.25, -0.2) is 15.0 Å². The average molecular weight is 727 g/mol. The number of hydrogen-bond donors (Lipinski definition) is 1. The minimum atomic E-state index is 0.525. The molecule has 0 unspecified atom stereocenters. The highest BCUT2D eigenvalue weighted by Crippen LogP contribution is 2.26. The Balaban J connectivity index is 0.000000178. The zero-order valence-corrected chi connectivity index (χ0v) is 34.7. The molecule has 1 N–H and O–H groups in total. The van der Waals surface area contributed by atoms with Crippen LogP contribution in [0.1, 0.15) is 134 Å². The second-order valence-corrected chi connectivity index (χ2v) is 16.0. The number of aryl methyl sites for hydroxylation is 1. The van der Waals surface area contributed by atoms with Crippen LogP contribution in [0.25, 0.3) is 11.3 Å². The summed E-state index contributed by atoms with van der Waals surface area (Å²) in [5, 5.41) is 3.34. The fourth-order valence-corrected chi connectivity index (χ4v) is 6.70. The summed E-state index contributed by atoms with van der Waals surface area (Å²) in [5.41, 5.74) is 6.34. The number of thiazole rings is 1. The van der Waals surface area contributed by atoms with Crippen molar-refractivity contribution in [1.29, 1.82) is 0 Å². The zero-order chi connectivity index (χ0) is 38.0. The summed E-state index contributed by atoms with van der Waals surface area (Å²) in [6.45, 7) is 26.8. The van der Waals surface area contributed by atoms with Gasteiger partial charge >= 0.3 is 0 Å². The number of fused-ring (bicyclic) bond motifs is 1. The van der Waals surface area contributed by atoms with E-state index in [1.807, 2.05) is 60.8 Å². The highest BCUT2D eigenvalue weighted by atomic mass is 32.1. The maximum Gasteiger partial charge on any atom is 0.110 e. The molecule has 0 bridgehead atoms. The van der Waals surface area contributed by atoms with Gasteiger partial charge in [0.05, 0.1) is 17.0 Å². The van der Waals surface area contributed by atoms with Gasteiger partial charge in [-0.2, -0.15) is 0 Å². The van der Waals surface area contributed by atoms with Crippen molar-refractivity contribution in [2.75, 3.05) is 13.1 Å². The van der Waals surface area contributed by atoms with Crippen LogP contribution in [0.3, 0.4) is 0 Å². The van der Waals surface area contributed by atoms with Crippen LogP contribution in [-0.2, 0) is 20.1 Å². The number of likely N-dealkylation sites (tertiary alicyclic amines) is 1. The third kappa shape index (κ3) is 14.4. The third-order valence-corrected chi connectivity index (χ3v) is 10.3. The Labute approximate surface area is 319 Å². The van der Waals surface area contributed by atoms with Crippen LogP contribution >= 0.6 is 11.3 Å². The van der Waals surface area contributed by atoms with E-state index in [0.717, 1.165) is 30.6 Å². The van der Waals surface area contributed by atoms with Crippen LogP contribution in [0.2, 0.25) is 0 Å². The van der Waals surface area contributed by atoms with E-state index in [9.17, 15) is 0 Å². The molecule has 284 valence electrons. The van der Waals surface area contributed by atoms with E-state index < -0.39 is 0 Å². The van der Waals surface area contributed by atoms with Crippen LogP contribution in [-0.4, -0.2) is 64.5 Å². The van der Waals surface area contributed by atoms with Crippen molar-refractivity contribution in [3.05, 3.63) is 107 Å². The molecule has 1 saturated heterocycles. The predicted octanol–water partition coefficient (Wildman–Crippen LogP) is 10.7. The van der Waals surface area contributed by atoms with Gasteiger partial charge in [0.2, 0.25) is 0 Å². The average Bonchev–Trinajstić information content (AvgIpc) is 3.97. The molecule has 4 aromatic heterocycles. The topological polar surface area (TPSA) is 78.8 Å². The molecular formula is C43H66N8S. The van der Waals surface area contributed by atoms with E-state index in [0.29, 0.717) is 23.8 Å². The number of nitrogens with one attached hydrogen (secondary N) is 1. The van der Waals surface area contributed by atoms with Gasteiger partial charge in [-0.1, -0.05) is 78.3 Å². The van der Waals surface area contributed by atoms with Crippen molar-refractivity contribution in [2.45, 2.75) is 131 Å². The highest BCUT2D eigenvalue weighted by molar-refractivity contribution is 7.10. The van der Waals surface area contributed by atoms with E-state index in [1.54, 1.807) is 17.7 Å². The lowest BCUT2D eigenvalue weighted by Gasteiger charge is -2.29. The molecule has 9 heteroatoms. The first kappa shape index (κ1) is 42.8. The maximum atomic E-state index is 4.60. The molecular weight excluding hydrogens is 661 g/mol. The minimum Gasteiger partial charge on any atom is -0.348 e. The number of imidazole rings is 2. The molecule has 52 heavy (non-hydrogen) atoms. The monoisotopic (exact) mass is 727 g/mol. The smallest absolute Gasteiger partial charge is 0.110 e. The minimum absolute atomic E-state index is 0.525. The Morgan fingerprint density at radius 1 is 0.692 bits per heavy atom. The van der Waals surface area contributed by atoms with Gasteiger partial charge in [-0.05, 0) is 76.7 Å². The third-order valence-electron chi connectivity index (χ3n) is 9.20. The van der Waals surface area contributed by atoms with Gasteiger partial charge in [-0.15, -0.1) is 11.3 Å². The van der Waals surface area contributed by atoms with E-state index in [4.69, 9.17) is 0 Å². The van der Waals surface area contributed by atoms with E-state index in [2.05, 4.69) is 128 Å². The number of pyridine rings is 1. The number of benzene rings is 1. The number of rotatable bonds is 6. The summed E-state index contributed by atoms with van der Waals surface area (Å²) >= 11 is 1.74. The predicted molar refractivity (Wildman–Crippen MR) is 221 cm³/mol. The second-order valence-electron chi connectivity index (χ2n) is 15.1. The van der Waals surface area contributed by atoms with Crippen LogP contribution in [0.15, 0.2) is 79.1 Å². The molecule has 1 aromatic carbocycles. The lowest BCUT2D eigenvalue weighted by Crippen LogP contribution is -2.35. The fourth-order valence-electron chi connectivity index (χ4n) is 5.86. The first-order valence-corrected chi connectivity index (χ1v) is 20.1. The Morgan fingerprint density at radius 2 is 1.37 bits per heavy atom. The zero-order valence-electron chi connectivity index (χ0n) is 33.9. The van der Waals surface area contributed by atoms with Gasteiger partial charge in [0.15, 0.2) is 0 Å². The van der Waals surface area contributed by atoms with Crippen LogP contribution in [0.5, 0.6) is 0 Å². The van der Waals surface area contributed by atoms with Crippen molar-refractivity contribution in [3.63, 3.8) is 0 Å². The Kier molecular flexibility index (Phi) is 18.4. The van der Waals surface area contributed by atoms with Crippen molar-refractivity contribution >= 4 is 11.3 Å². The van der Waals surface area contributed by atoms with Crippen molar-refractivity contribution in [1.82, 2.24) is 39.3 Å². The van der Waals surface area contributed by atoms with Gasteiger partial charge in [-0.3, -0.25) is 9.88 Å². The summed E-state index contributed by atoms with van der Waals surface area (Å²) in [6, 6.07) is 13.8. The molecule has 0 amide bonds. The lowest BCUT2D eigenvalue weighted by molar-refractivity contribution is 0.185. The lowest BCUT2D eigenvalue weighted by atomic mass is 10.1. The fraction of sp³-hybridized carbons (Fsp3) is 0.535. The molecule has 0 atom stereocenters. The van der Waals surface area contributed by atoms with Crippen LogP contribution < -0.4 is 0 Å². The van der Waals surface area contributed by atoms with Crippen molar-refractivity contribution in [2.24, 2.45) is 7.05 Å². The normalized spacial score (nSPS) is 14.2. The first-order chi connectivity index (χ1) is 24.9. The number of nitrogens with zero attached hydrogens (tertiary/aromatic N) is 7. The summed E-state index contributed by atoms with van der Waals surface area (Å²) in [4.78, 5) is 24.8. The van der Waals surface area contributed by atoms with E-state index >= 15 is 0 Å². The molecule has 5 aromatic rings. The molecule has 8 nitrogen and oxygen atoms in total. The standard InChI is InChI=1S/C12H13NS.C10H14N2.C8H17N.C7H12N2.C6H10N2/c1-9(2)12-13-11(8-14-12)10-6-4-3-5-7-10;1-8(2)12-6-9-3-4-11-5-10(9)7-12;1-8(2)9-6-4-3-5-7-9;1-6(2)7-8-4-5-9(7)3;1-5(2)6-3-7-4-8-6/h3-9H,1-2H3;3-5,8H,6-7H2,1-2H3;8H,3-7H2,1-2H3;4-6H,1-3H3;3-5H,1-2H3,(H,7,8). The Hall–Kier alpha value is -3.66. The largest absolute Gasteiger partial charge is 0.348 e. The SMILES string of the molecule is CC(C)N1CCCCC1.CC(C)N1Cc2ccncc2C1.CC(C)c1cnc[nH]1.CC(C)c1nc(-c2ccccc2)cs1.CC(C)c1nccn1C. The highest BCUT2D eigenvalue weighted by Gasteiger charge is 2.20. The summed E-state index contributed by atoms with van der Waals surface area (Å²) in [6.07, 6.45) is 15.5. The molecule has 2 aliphatic rings. The van der Waals surface area contributed by atoms with Crippen molar-refractivity contribution in [3.8, 4) is 11.3 Å². The summed E-state index contributed by atoms with van der Waals surface area (Å²) in [7, 11) is 2.02. The van der Waals surface area contributed by atoms with E-state index in [-0.39, 0.29) is 0 Å². The second kappa shape index (κ2) is 22.4. The Morgan fingerprint density at radius 3 is 1.81 bits per heavy atom. The Bertz CT molecular complexity index is 1610. The molecule has 2 aliphatic heterocycles. The van der Waals surface area contributed by atoms with Crippen LogP contribution in [0, 0.1) is 0 Å². The number of aromatic nitrogens is 6. The van der Waals surface area contributed by atoms with Gasteiger partial charge in [0.25, 0.3) is 0 Å². The number of aromatic amines is 1. The molecule has 0 saturated carbocycles. The number of piperidine rings is 1. The van der Waals surface area contributed by atoms with Gasteiger partial charge in [0.1, 0.15) is 5.82 Å². The van der Waals surface area contributed by atoms with Gasteiger partial charge < -0.3 is 14.5 Å². The number of H-pyrrole nitrogens is 1. The van der Waals surface area contributed by atoms with Crippen LogP contribution in [0.4, 0.5) is 0 Å². The molecule has 1 fully saturated rings. The first-order valence-electron chi connectivity index (χ1n) is 19.2. The summed E-state index contributed by atoms with van der Waals surface area (Å²) < 4.78 is 2.05. The van der Waals surface area contributed by atoms with Gasteiger partial charge in [0, 0.05) is 91.7 Å². The number of hydrogen-bond acceptors (Lipinski definition) is 7.